The predicted molar refractivity (Wildman–Crippen MR) is 33.8 cm³/mol. The summed E-state index contributed by atoms with van der Waals surface area (Å²) in [5.74, 6) is 0. The van der Waals surface area contributed by atoms with Crippen molar-refractivity contribution in [3.05, 3.63) is 18.0 Å². The van der Waals surface area contributed by atoms with Gasteiger partial charge < -0.3 is 5.32 Å². The zero-order valence-corrected chi connectivity index (χ0v) is 5.27. The minimum Gasteiger partial charge on any atom is -0.331 e. The van der Waals surface area contributed by atoms with Crippen LogP contribution in [0.2, 0.25) is 0 Å². The van der Waals surface area contributed by atoms with E-state index in [0.29, 0.717) is 6.54 Å². The van der Waals surface area contributed by atoms with E-state index in [2.05, 4.69) is 17.6 Å². The van der Waals surface area contributed by atoms with E-state index in [-0.39, 0.29) is 6.03 Å². The van der Waals surface area contributed by atoms with Crippen LogP contribution in [0.25, 0.3) is 0 Å². The number of hydrogen-bond donors (Lipinski definition) is 1. The molecule has 0 aromatic carbocycles. The number of urea groups is 1. The van der Waals surface area contributed by atoms with Crippen molar-refractivity contribution in [1.29, 1.82) is 0 Å². The Kier molecular flexibility index (Phi) is 1.29. The third kappa shape index (κ3) is 0.819. The van der Waals surface area contributed by atoms with Crippen molar-refractivity contribution < 1.29 is 4.79 Å². The van der Waals surface area contributed by atoms with Crippen LogP contribution in [-0.4, -0.2) is 24.5 Å². The zero-order chi connectivity index (χ0) is 6.85. The molecule has 2 amide bonds. The molecule has 0 aromatic heterocycles. The van der Waals surface area contributed by atoms with Crippen LogP contribution < -0.4 is 5.32 Å². The molecule has 1 saturated heterocycles. The van der Waals surface area contributed by atoms with Crippen LogP contribution in [0.1, 0.15) is 0 Å². The summed E-state index contributed by atoms with van der Waals surface area (Å²) < 4.78 is 0. The first kappa shape index (κ1) is 5.92. The fourth-order valence-corrected chi connectivity index (χ4v) is 0.700. The van der Waals surface area contributed by atoms with Gasteiger partial charge >= 0.3 is 6.03 Å². The maximum absolute atomic E-state index is 10.7. The van der Waals surface area contributed by atoms with Gasteiger partial charge in [0.2, 0.25) is 0 Å². The number of rotatable bonds is 0. The van der Waals surface area contributed by atoms with Gasteiger partial charge in [-0.3, -0.25) is 4.90 Å². The molecule has 0 atom stereocenters. The van der Waals surface area contributed by atoms with Gasteiger partial charge in [-0.05, 0) is 0 Å². The van der Waals surface area contributed by atoms with Gasteiger partial charge in [-0.25, -0.2) is 4.79 Å². The lowest BCUT2D eigenvalue weighted by molar-refractivity contribution is 0.230. The monoisotopic (exact) mass is 124 g/mol. The normalized spacial score (nSPS) is 17.7. The average Bonchev–Trinajstić information content (AvgIpc) is 2.15. The highest BCUT2D eigenvalue weighted by Gasteiger charge is 2.19. The van der Waals surface area contributed by atoms with Gasteiger partial charge in [-0.1, -0.05) is 6.58 Å². The molecule has 48 valence electrons. The molecule has 3 heteroatoms. The molecule has 1 N–H and O–H groups in total. The quantitative estimate of drug-likeness (QED) is 0.463. The molecule has 1 heterocycles. The Balaban J connectivity index is 2.85. The van der Waals surface area contributed by atoms with Crippen molar-refractivity contribution >= 4 is 6.03 Å². The highest BCUT2D eigenvalue weighted by Crippen LogP contribution is 2.04. The van der Waals surface area contributed by atoms with Gasteiger partial charge in [0, 0.05) is 7.05 Å². The number of carbonyl (C=O) groups is 1. The molecule has 0 aliphatic carbocycles. The molecular weight excluding hydrogens is 116 g/mol. The summed E-state index contributed by atoms with van der Waals surface area (Å²) in [5.41, 5.74) is 3.46. The summed E-state index contributed by atoms with van der Waals surface area (Å²) in [4.78, 5) is 12.2. The predicted octanol–water partition coefficient (Wildman–Crippen LogP) is 0.310. The average molecular weight is 124 g/mol. The van der Waals surface area contributed by atoms with Crippen LogP contribution in [0.4, 0.5) is 4.79 Å². The van der Waals surface area contributed by atoms with E-state index in [1.807, 2.05) is 0 Å². The van der Waals surface area contributed by atoms with Crippen molar-refractivity contribution in [3.63, 3.8) is 0 Å². The Morgan fingerprint density at radius 2 is 2.56 bits per heavy atom. The number of nitrogens with one attached hydrogen (secondary N) is 1. The first-order valence-corrected chi connectivity index (χ1v) is 2.66. The van der Waals surface area contributed by atoms with Crippen molar-refractivity contribution in [3.8, 4) is 0 Å². The molecule has 0 unspecified atom stereocenters. The SMILES string of the molecule is C=C=C1CNC(=O)N1C. The van der Waals surface area contributed by atoms with E-state index in [4.69, 9.17) is 0 Å². The second-order valence-corrected chi connectivity index (χ2v) is 1.84. The van der Waals surface area contributed by atoms with Gasteiger partial charge in [0.25, 0.3) is 0 Å². The number of carbonyl (C=O) groups excluding carboxylic acids is 1. The third-order valence-corrected chi connectivity index (χ3v) is 1.32. The molecule has 1 aliphatic heterocycles. The second kappa shape index (κ2) is 1.96. The van der Waals surface area contributed by atoms with Crippen molar-refractivity contribution in [1.82, 2.24) is 10.2 Å². The maximum atomic E-state index is 10.7. The van der Waals surface area contributed by atoms with Crippen LogP contribution in [0, 0.1) is 0 Å². The highest BCUT2D eigenvalue weighted by atomic mass is 16.2. The molecule has 0 saturated carbocycles. The Morgan fingerprint density at radius 1 is 1.89 bits per heavy atom. The minimum absolute atomic E-state index is 0.0823. The van der Waals surface area contributed by atoms with Crippen LogP contribution in [-0.2, 0) is 0 Å². The molecule has 0 aromatic rings. The third-order valence-electron chi connectivity index (χ3n) is 1.32. The molecule has 1 aliphatic rings. The van der Waals surface area contributed by atoms with Crippen LogP contribution in [0.5, 0.6) is 0 Å². The molecule has 0 bridgehead atoms. The van der Waals surface area contributed by atoms with Gasteiger partial charge in [0.15, 0.2) is 0 Å². The Hall–Kier alpha value is -1.21. The Bertz CT molecular complexity index is 191. The highest BCUT2D eigenvalue weighted by molar-refractivity contribution is 5.79. The summed E-state index contributed by atoms with van der Waals surface area (Å²) in [6, 6.07) is -0.0823. The Labute approximate surface area is 53.7 Å². The molecule has 0 radical (unpaired) electrons. The fraction of sp³-hybridized carbons (Fsp3) is 0.333. The first-order valence-electron chi connectivity index (χ1n) is 2.66. The molecule has 9 heavy (non-hydrogen) atoms. The van der Waals surface area contributed by atoms with E-state index < -0.39 is 0 Å². The van der Waals surface area contributed by atoms with Crippen LogP contribution in [0.3, 0.4) is 0 Å². The molecule has 3 nitrogen and oxygen atoms in total. The summed E-state index contributed by atoms with van der Waals surface area (Å²) in [5, 5.41) is 2.62. The summed E-state index contributed by atoms with van der Waals surface area (Å²) >= 11 is 0. The molecule has 1 rings (SSSR count). The largest absolute Gasteiger partial charge is 0.331 e. The van der Waals surface area contributed by atoms with E-state index in [0.717, 1.165) is 5.70 Å². The zero-order valence-electron chi connectivity index (χ0n) is 5.27. The summed E-state index contributed by atoms with van der Waals surface area (Å²) in [7, 11) is 1.69. The van der Waals surface area contributed by atoms with Crippen LogP contribution >= 0.6 is 0 Å². The van der Waals surface area contributed by atoms with E-state index in [9.17, 15) is 4.79 Å². The first-order chi connectivity index (χ1) is 4.25. The number of nitrogens with zero attached hydrogens (tertiary/aromatic N) is 1. The standard InChI is InChI=1S/C6H8N2O/c1-3-5-4-7-6(9)8(5)2/h1,4H2,2H3,(H,7,9). The molecular formula is C6H8N2O. The smallest absolute Gasteiger partial charge is 0.322 e. The van der Waals surface area contributed by atoms with Gasteiger partial charge in [0.05, 0.1) is 12.2 Å². The van der Waals surface area contributed by atoms with E-state index >= 15 is 0 Å². The van der Waals surface area contributed by atoms with Gasteiger partial charge in [0.1, 0.15) is 0 Å². The number of likely N-dealkylation sites (N-methyl/N-ethyl adjacent to an activating group) is 1. The van der Waals surface area contributed by atoms with Gasteiger partial charge in [-0.2, -0.15) is 0 Å². The number of hydrogen-bond acceptors (Lipinski definition) is 1. The lowest BCUT2D eigenvalue weighted by atomic mass is 10.5. The maximum Gasteiger partial charge on any atom is 0.322 e. The summed E-state index contributed by atoms with van der Waals surface area (Å²) in [6.45, 7) is 3.99. The molecule has 1 fully saturated rings. The van der Waals surface area contributed by atoms with Gasteiger partial charge in [-0.15, -0.1) is 5.73 Å². The Morgan fingerprint density at radius 3 is 2.78 bits per heavy atom. The van der Waals surface area contributed by atoms with Crippen molar-refractivity contribution in [2.24, 2.45) is 0 Å². The second-order valence-electron chi connectivity index (χ2n) is 1.84. The lowest BCUT2D eigenvalue weighted by Gasteiger charge is -2.03. The lowest BCUT2D eigenvalue weighted by Crippen LogP contribution is -2.22. The number of amides is 2. The van der Waals surface area contributed by atoms with Crippen molar-refractivity contribution in [2.45, 2.75) is 0 Å². The molecule has 0 spiro atoms. The van der Waals surface area contributed by atoms with Crippen LogP contribution in [0.15, 0.2) is 18.0 Å². The topological polar surface area (TPSA) is 32.3 Å². The van der Waals surface area contributed by atoms with Crippen molar-refractivity contribution in [2.75, 3.05) is 13.6 Å². The van der Waals surface area contributed by atoms with E-state index in [1.165, 1.54) is 4.90 Å². The summed E-state index contributed by atoms with van der Waals surface area (Å²) in [6.07, 6.45) is 0. The fourth-order valence-electron chi connectivity index (χ4n) is 0.700. The minimum atomic E-state index is -0.0823. The van der Waals surface area contributed by atoms with E-state index in [1.54, 1.807) is 7.05 Å².